The van der Waals surface area contributed by atoms with Crippen molar-refractivity contribution in [3.05, 3.63) is 47.5 Å². The highest BCUT2D eigenvalue weighted by Crippen LogP contribution is 2.21. The van der Waals surface area contributed by atoms with Crippen LogP contribution >= 0.6 is 0 Å². The summed E-state index contributed by atoms with van der Waals surface area (Å²) < 4.78 is 5.28. The van der Waals surface area contributed by atoms with Crippen LogP contribution in [-0.4, -0.2) is 36.0 Å². The third-order valence-electron chi connectivity index (χ3n) is 3.32. The first-order valence-electron chi connectivity index (χ1n) is 6.75. The van der Waals surface area contributed by atoms with Crippen molar-refractivity contribution >= 4 is 11.9 Å². The summed E-state index contributed by atoms with van der Waals surface area (Å²) in [6.45, 7) is 8.66. The van der Waals surface area contributed by atoms with Gasteiger partial charge in [0.1, 0.15) is 0 Å². The molecule has 0 saturated carbocycles. The van der Waals surface area contributed by atoms with Crippen LogP contribution < -0.4 is 0 Å². The molecule has 2 rings (SSSR count). The summed E-state index contributed by atoms with van der Waals surface area (Å²) in [5.41, 5.74) is 2.33. The predicted molar refractivity (Wildman–Crippen MR) is 76.4 cm³/mol. The van der Waals surface area contributed by atoms with E-state index >= 15 is 0 Å². The molecule has 0 aliphatic carbocycles. The van der Waals surface area contributed by atoms with Crippen LogP contribution in [0.3, 0.4) is 0 Å². The van der Waals surface area contributed by atoms with Crippen LogP contribution in [0.15, 0.2) is 36.4 Å². The first kappa shape index (κ1) is 14.3. The fourth-order valence-electron chi connectivity index (χ4n) is 2.34. The Morgan fingerprint density at radius 2 is 2.15 bits per heavy atom. The summed E-state index contributed by atoms with van der Waals surface area (Å²) in [5.74, 6) is -0.574. The molecule has 1 unspecified atom stereocenters. The van der Waals surface area contributed by atoms with E-state index < -0.39 is 12.1 Å². The number of hydrogen-bond acceptors (Lipinski definition) is 3. The molecule has 0 bridgehead atoms. The van der Waals surface area contributed by atoms with Gasteiger partial charge in [-0.2, -0.15) is 0 Å². The van der Waals surface area contributed by atoms with Crippen molar-refractivity contribution in [1.29, 1.82) is 0 Å². The van der Waals surface area contributed by atoms with Gasteiger partial charge in [0.05, 0.1) is 5.56 Å². The Bertz CT molecular complexity index is 550. The van der Waals surface area contributed by atoms with Gasteiger partial charge in [0.15, 0.2) is 6.10 Å². The van der Waals surface area contributed by atoms with E-state index in [9.17, 15) is 9.59 Å². The van der Waals surface area contributed by atoms with E-state index in [-0.39, 0.29) is 5.91 Å². The van der Waals surface area contributed by atoms with E-state index in [2.05, 4.69) is 6.58 Å². The second-order valence-corrected chi connectivity index (χ2v) is 5.06. The SMILES string of the molecule is C=C(C)CN(CC)C(=O)C1Cc2ccccc2C(=O)O1. The molecule has 20 heavy (non-hydrogen) atoms. The lowest BCUT2D eigenvalue weighted by Crippen LogP contribution is -2.44. The number of hydrogen-bond donors (Lipinski definition) is 0. The van der Waals surface area contributed by atoms with E-state index in [4.69, 9.17) is 4.74 Å². The number of nitrogens with zero attached hydrogens (tertiary/aromatic N) is 1. The number of likely N-dealkylation sites (N-methyl/N-ethyl adjacent to an activating group) is 1. The summed E-state index contributed by atoms with van der Waals surface area (Å²) in [5, 5.41) is 0. The smallest absolute Gasteiger partial charge is 0.339 e. The first-order valence-corrected chi connectivity index (χ1v) is 6.75. The molecular weight excluding hydrogens is 254 g/mol. The predicted octanol–water partition coefficient (Wildman–Crippen LogP) is 2.19. The summed E-state index contributed by atoms with van der Waals surface area (Å²) >= 11 is 0. The molecule has 106 valence electrons. The molecule has 1 aromatic rings. The van der Waals surface area contributed by atoms with E-state index in [0.717, 1.165) is 11.1 Å². The third-order valence-corrected chi connectivity index (χ3v) is 3.32. The van der Waals surface area contributed by atoms with Crippen molar-refractivity contribution in [3.8, 4) is 0 Å². The molecule has 0 radical (unpaired) electrons. The number of ether oxygens (including phenoxy) is 1. The van der Waals surface area contributed by atoms with Crippen molar-refractivity contribution < 1.29 is 14.3 Å². The number of amides is 1. The minimum atomic E-state index is -0.725. The molecule has 4 heteroatoms. The third kappa shape index (κ3) is 2.90. The van der Waals surface area contributed by atoms with Crippen molar-refractivity contribution in [2.24, 2.45) is 0 Å². The zero-order chi connectivity index (χ0) is 14.7. The van der Waals surface area contributed by atoms with Crippen LogP contribution in [0.1, 0.15) is 29.8 Å². The lowest BCUT2D eigenvalue weighted by Gasteiger charge is -2.29. The topological polar surface area (TPSA) is 46.6 Å². The summed E-state index contributed by atoms with van der Waals surface area (Å²) in [6.07, 6.45) is -0.287. The summed E-state index contributed by atoms with van der Waals surface area (Å²) in [4.78, 5) is 26.0. The quantitative estimate of drug-likeness (QED) is 0.624. The average Bonchev–Trinajstić information content (AvgIpc) is 2.43. The minimum absolute atomic E-state index is 0.154. The average molecular weight is 273 g/mol. The van der Waals surface area contributed by atoms with E-state index in [1.54, 1.807) is 17.0 Å². The molecule has 1 heterocycles. The standard InChI is InChI=1S/C16H19NO3/c1-4-17(10-11(2)3)15(18)14-9-12-7-5-6-8-13(12)16(19)20-14/h5-8,14H,2,4,9-10H2,1,3H3. The molecule has 0 spiro atoms. The molecule has 0 aromatic heterocycles. The van der Waals surface area contributed by atoms with E-state index in [1.807, 2.05) is 26.0 Å². The van der Waals surface area contributed by atoms with Gasteiger partial charge in [-0.1, -0.05) is 30.4 Å². The highest BCUT2D eigenvalue weighted by atomic mass is 16.5. The molecule has 0 fully saturated rings. The van der Waals surface area contributed by atoms with Gasteiger partial charge in [0.25, 0.3) is 5.91 Å². The van der Waals surface area contributed by atoms with Crippen LogP contribution in [0.2, 0.25) is 0 Å². The molecule has 1 atom stereocenters. The van der Waals surface area contributed by atoms with Gasteiger partial charge >= 0.3 is 5.97 Å². The van der Waals surface area contributed by atoms with Gasteiger partial charge in [-0.3, -0.25) is 4.79 Å². The molecule has 0 saturated heterocycles. The zero-order valence-corrected chi connectivity index (χ0v) is 11.9. The van der Waals surface area contributed by atoms with Gasteiger partial charge in [0.2, 0.25) is 0 Å². The lowest BCUT2D eigenvalue weighted by molar-refractivity contribution is -0.140. The molecule has 1 amide bonds. The lowest BCUT2D eigenvalue weighted by atomic mass is 9.98. The largest absolute Gasteiger partial charge is 0.448 e. The number of rotatable bonds is 4. The van der Waals surface area contributed by atoms with E-state index in [0.29, 0.717) is 25.1 Å². The summed E-state index contributed by atoms with van der Waals surface area (Å²) in [7, 11) is 0. The number of fused-ring (bicyclic) bond motifs is 1. The fraction of sp³-hybridized carbons (Fsp3) is 0.375. The van der Waals surface area contributed by atoms with Gasteiger partial charge in [-0.05, 0) is 25.5 Å². The number of benzene rings is 1. The van der Waals surface area contributed by atoms with Gasteiger partial charge in [-0.15, -0.1) is 0 Å². The number of carbonyl (C=O) groups is 2. The van der Waals surface area contributed by atoms with Crippen molar-refractivity contribution in [1.82, 2.24) is 4.90 Å². The zero-order valence-electron chi connectivity index (χ0n) is 11.9. The number of esters is 1. The highest BCUT2D eigenvalue weighted by molar-refractivity contribution is 5.95. The van der Waals surface area contributed by atoms with Crippen LogP contribution in [0.4, 0.5) is 0 Å². The van der Waals surface area contributed by atoms with Gasteiger partial charge in [-0.25, -0.2) is 4.79 Å². The summed E-state index contributed by atoms with van der Waals surface area (Å²) in [6, 6.07) is 7.25. The minimum Gasteiger partial charge on any atom is -0.448 e. The normalized spacial score (nSPS) is 17.1. The molecular formula is C16H19NO3. The Kier molecular flexibility index (Phi) is 4.23. The maximum absolute atomic E-state index is 12.4. The Morgan fingerprint density at radius 3 is 2.80 bits per heavy atom. The van der Waals surface area contributed by atoms with E-state index in [1.165, 1.54) is 0 Å². The molecule has 1 aliphatic heterocycles. The van der Waals surface area contributed by atoms with Crippen molar-refractivity contribution in [2.45, 2.75) is 26.4 Å². The Morgan fingerprint density at radius 1 is 1.45 bits per heavy atom. The van der Waals surface area contributed by atoms with Crippen LogP contribution in [0.25, 0.3) is 0 Å². The van der Waals surface area contributed by atoms with Crippen LogP contribution in [0.5, 0.6) is 0 Å². The van der Waals surface area contributed by atoms with Crippen molar-refractivity contribution in [3.63, 3.8) is 0 Å². The Hall–Kier alpha value is -2.10. The number of carbonyl (C=O) groups excluding carboxylic acids is 2. The Labute approximate surface area is 119 Å². The fourth-order valence-corrected chi connectivity index (χ4v) is 2.34. The highest BCUT2D eigenvalue weighted by Gasteiger charge is 2.33. The van der Waals surface area contributed by atoms with Crippen LogP contribution in [0, 0.1) is 0 Å². The second kappa shape index (κ2) is 5.90. The maximum Gasteiger partial charge on any atom is 0.339 e. The maximum atomic E-state index is 12.4. The van der Waals surface area contributed by atoms with Crippen LogP contribution in [-0.2, 0) is 16.0 Å². The first-order chi connectivity index (χ1) is 9.52. The number of cyclic esters (lactones) is 1. The molecule has 1 aliphatic rings. The monoisotopic (exact) mass is 273 g/mol. The molecule has 4 nitrogen and oxygen atoms in total. The molecule has 0 N–H and O–H groups in total. The van der Waals surface area contributed by atoms with Crippen molar-refractivity contribution in [2.75, 3.05) is 13.1 Å². The van der Waals surface area contributed by atoms with Gasteiger partial charge < -0.3 is 9.64 Å². The second-order valence-electron chi connectivity index (χ2n) is 5.06. The Balaban J connectivity index is 2.17. The van der Waals surface area contributed by atoms with Gasteiger partial charge in [0, 0.05) is 19.5 Å². The molecule has 1 aromatic carbocycles.